The maximum absolute atomic E-state index is 11.5. The molecule has 2 atom stereocenters. The minimum Gasteiger partial charge on any atom is -0.459 e. The van der Waals surface area contributed by atoms with Crippen molar-refractivity contribution < 1.29 is 13.9 Å². The van der Waals surface area contributed by atoms with Gasteiger partial charge in [-0.2, -0.15) is 0 Å². The standard InChI is InChI=1S/C10H13NO3/c1-10(13-2)6-8(10)11-9(12)7-4-3-5-14-7/h3-5,8H,6H2,1-2H3,(H,11,12)/t8-,10+/m1/s1. The molecule has 1 aromatic heterocycles. The third kappa shape index (κ3) is 1.53. The van der Waals surface area contributed by atoms with Crippen LogP contribution in [0.4, 0.5) is 0 Å². The molecule has 1 saturated carbocycles. The van der Waals surface area contributed by atoms with Gasteiger partial charge in [-0.1, -0.05) is 0 Å². The van der Waals surface area contributed by atoms with Crippen molar-refractivity contribution in [1.29, 1.82) is 0 Å². The Kier molecular flexibility index (Phi) is 2.07. The van der Waals surface area contributed by atoms with Gasteiger partial charge in [0.15, 0.2) is 5.76 Å². The summed E-state index contributed by atoms with van der Waals surface area (Å²) in [5.74, 6) is 0.163. The van der Waals surface area contributed by atoms with Crippen molar-refractivity contribution in [2.75, 3.05) is 7.11 Å². The average molecular weight is 195 g/mol. The summed E-state index contributed by atoms with van der Waals surface area (Å²) in [6.07, 6.45) is 2.34. The second-order valence-corrected chi connectivity index (χ2v) is 3.72. The quantitative estimate of drug-likeness (QED) is 0.788. The van der Waals surface area contributed by atoms with E-state index >= 15 is 0 Å². The summed E-state index contributed by atoms with van der Waals surface area (Å²) in [7, 11) is 1.65. The number of carbonyl (C=O) groups excluding carboxylic acids is 1. The van der Waals surface area contributed by atoms with Gasteiger partial charge in [0.25, 0.3) is 5.91 Å². The van der Waals surface area contributed by atoms with Crippen LogP contribution in [0.5, 0.6) is 0 Å². The molecule has 0 bridgehead atoms. The Morgan fingerprint density at radius 2 is 2.57 bits per heavy atom. The molecule has 4 heteroatoms. The van der Waals surface area contributed by atoms with Gasteiger partial charge in [-0.3, -0.25) is 4.79 Å². The molecule has 1 aliphatic carbocycles. The van der Waals surface area contributed by atoms with E-state index < -0.39 is 0 Å². The summed E-state index contributed by atoms with van der Waals surface area (Å²) in [5, 5.41) is 2.84. The number of ether oxygens (including phenoxy) is 1. The van der Waals surface area contributed by atoms with Crippen LogP contribution in [-0.4, -0.2) is 24.7 Å². The first-order chi connectivity index (χ1) is 6.65. The van der Waals surface area contributed by atoms with E-state index in [4.69, 9.17) is 9.15 Å². The highest BCUT2D eigenvalue weighted by molar-refractivity contribution is 5.91. The Labute approximate surface area is 82.2 Å². The van der Waals surface area contributed by atoms with Crippen LogP contribution in [0, 0.1) is 0 Å². The highest BCUT2D eigenvalue weighted by atomic mass is 16.5. The number of methoxy groups -OCH3 is 1. The molecule has 1 aromatic rings. The lowest BCUT2D eigenvalue weighted by molar-refractivity contribution is 0.0773. The Balaban J connectivity index is 1.92. The van der Waals surface area contributed by atoms with Crippen molar-refractivity contribution in [2.24, 2.45) is 0 Å². The van der Waals surface area contributed by atoms with Gasteiger partial charge < -0.3 is 14.5 Å². The van der Waals surface area contributed by atoms with Crippen LogP contribution in [-0.2, 0) is 4.74 Å². The molecular weight excluding hydrogens is 182 g/mol. The predicted octanol–water partition coefficient (Wildman–Crippen LogP) is 1.19. The molecular formula is C10H13NO3. The fourth-order valence-electron chi connectivity index (χ4n) is 1.41. The lowest BCUT2D eigenvalue weighted by Gasteiger charge is -2.08. The minimum absolute atomic E-state index is 0.102. The van der Waals surface area contributed by atoms with Gasteiger partial charge in [-0.25, -0.2) is 0 Å². The Morgan fingerprint density at radius 1 is 1.79 bits per heavy atom. The Bertz CT molecular complexity index is 333. The molecule has 1 aliphatic rings. The molecule has 4 nitrogen and oxygen atoms in total. The lowest BCUT2D eigenvalue weighted by atomic mass is 10.3. The van der Waals surface area contributed by atoms with Crippen molar-refractivity contribution in [1.82, 2.24) is 5.32 Å². The average Bonchev–Trinajstić information content (AvgIpc) is 2.67. The van der Waals surface area contributed by atoms with Crippen LogP contribution in [0.1, 0.15) is 23.9 Å². The lowest BCUT2D eigenvalue weighted by Crippen LogP contribution is -2.31. The summed E-state index contributed by atoms with van der Waals surface area (Å²) in [6.45, 7) is 1.97. The summed E-state index contributed by atoms with van der Waals surface area (Å²) < 4.78 is 10.2. The second-order valence-electron chi connectivity index (χ2n) is 3.72. The summed E-state index contributed by atoms with van der Waals surface area (Å²) >= 11 is 0. The first-order valence-corrected chi connectivity index (χ1v) is 4.55. The van der Waals surface area contributed by atoms with E-state index in [9.17, 15) is 4.79 Å². The summed E-state index contributed by atoms with van der Waals surface area (Å²) in [6, 6.07) is 3.43. The number of nitrogens with one attached hydrogen (secondary N) is 1. The summed E-state index contributed by atoms with van der Waals surface area (Å²) in [4.78, 5) is 11.5. The van der Waals surface area contributed by atoms with E-state index in [1.807, 2.05) is 6.92 Å². The number of carbonyl (C=O) groups is 1. The Morgan fingerprint density at radius 3 is 3.07 bits per heavy atom. The van der Waals surface area contributed by atoms with Crippen molar-refractivity contribution in [3.05, 3.63) is 24.2 Å². The first-order valence-electron chi connectivity index (χ1n) is 4.55. The largest absolute Gasteiger partial charge is 0.459 e. The van der Waals surface area contributed by atoms with Gasteiger partial charge in [0.1, 0.15) is 0 Å². The third-order valence-corrected chi connectivity index (χ3v) is 2.70. The monoisotopic (exact) mass is 195 g/mol. The van der Waals surface area contributed by atoms with Crippen molar-refractivity contribution >= 4 is 5.91 Å². The molecule has 0 spiro atoms. The van der Waals surface area contributed by atoms with E-state index in [-0.39, 0.29) is 17.6 Å². The topological polar surface area (TPSA) is 51.5 Å². The van der Waals surface area contributed by atoms with Crippen LogP contribution in [0.15, 0.2) is 22.8 Å². The van der Waals surface area contributed by atoms with Gasteiger partial charge in [-0.05, 0) is 19.1 Å². The molecule has 0 unspecified atom stereocenters. The van der Waals surface area contributed by atoms with E-state index in [1.54, 1.807) is 19.2 Å². The normalized spacial score (nSPS) is 30.0. The molecule has 1 amide bonds. The van der Waals surface area contributed by atoms with Crippen molar-refractivity contribution in [3.63, 3.8) is 0 Å². The number of hydrogen-bond acceptors (Lipinski definition) is 3. The van der Waals surface area contributed by atoms with Crippen LogP contribution in [0.3, 0.4) is 0 Å². The second kappa shape index (κ2) is 3.13. The molecule has 0 aliphatic heterocycles. The third-order valence-electron chi connectivity index (χ3n) is 2.70. The molecule has 1 heterocycles. The van der Waals surface area contributed by atoms with Gasteiger partial charge in [0.2, 0.25) is 0 Å². The number of amides is 1. The zero-order valence-corrected chi connectivity index (χ0v) is 8.24. The number of furan rings is 1. The zero-order valence-electron chi connectivity index (χ0n) is 8.24. The van der Waals surface area contributed by atoms with Crippen LogP contribution < -0.4 is 5.32 Å². The fourth-order valence-corrected chi connectivity index (χ4v) is 1.41. The van der Waals surface area contributed by atoms with Crippen LogP contribution >= 0.6 is 0 Å². The van der Waals surface area contributed by atoms with Gasteiger partial charge >= 0.3 is 0 Å². The zero-order chi connectivity index (χ0) is 10.2. The van der Waals surface area contributed by atoms with Crippen molar-refractivity contribution in [2.45, 2.75) is 25.0 Å². The van der Waals surface area contributed by atoms with E-state index in [1.165, 1.54) is 6.26 Å². The highest BCUT2D eigenvalue weighted by Gasteiger charge is 2.51. The van der Waals surface area contributed by atoms with Crippen LogP contribution in [0.2, 0.25) is 0 Å². The molecule has 0 saturated heterocycles. The molecule has 0 radical (unpaired) electrons. The maximum Gasteiger partial charge on any atom is 0.287 e. The fraction of sp³-hybridized carbons (Fsp3) is 0.500. The SMILES string of the molecule is CO[C@@]1(C)C[C@H]1NC(=O)c1ccco1. The highest BCUT2D eigenvalue weighted by Crippen LogP contribution is 2.38. The number of hydrogen-bond donors (Lipinski definition) is 1. The number of rotatable bonds is 3. The van der Waals surface area contributed by atoms with E-state index in [2.05, 4.69) is 5.32 Å². The molecule has 0 aromatic carbocycles. The molecule has 1 N–H and O–H groups in total. The smallest absolute Gasteiger partial charge is 0.287 e. The molecule has 76 valence electrons. The minimum atomic E-state index is -0.192. The van der Waals surface area contributed by atoms with Crippen molar-refractivity contribution in [3.8, 4) is 0 Å². The molecule has 1 fully saturated rings. The first kappa shape index (κ1) is 9.27. The van der Waals surface area contributed by atoms with Gasteiger partial charge in [0.05, 0.1) is 17.9 Å². The predicted molar refractivity (Wildman–Crippen MR) is 50.0 cm³/mol. The van der Waals surface area contributed by atoms with E-state index in [0.717, 1.165) is 6.42 Å². The Hall–Kier alpha value is -1.29. The van der Waals surface area contributed by atoms with Gasteiger partial charge in [-0.15, -0.1) is 0 Å². The van der Waals surface area contributed by atoms with Crippen LogP contribution in [0.25, 0.3) is 0 Å². The van der Waals surface area contributed by atoms with Gasteiger partial charge in [0, 0.05) is 13.5 Å². The van der Waals surface area contributed by atoms with E-state index in [0.29, 0.717) is 5.76 Å². The maximum atomic E-state index is 11.5. The molecule has 2 rings (SSSR count). The summed E-state index contributed by atoms with van der Waals surface area (Å²) in [5.41, 5.74) is -0.192. The molecule has 14 heavy (non-hydrogen) atoms.